The smallest absolute Gasteiger partial charge is 0.243 e. The molecule has 3 aromatic carbocycles. The van der Waals surface area contributed by atoms with Crippen LogP contribution in [0.5, 0.6) is 0 Å². The van der Waals surface area contributed by atoms with Gasteiger partial charge in [-0.15, -0.1) is 11.8 Å². The van der Waals surface area contributed by atoms with Crippen LogP contribution in [0.15, 0.2) is 83.8 Å². The van der Waals surface area contributed by atoms with Gasteiger partial charge in [-0.3, -0.25) is 9.59 Å². The predicted octanol–water partition coefficient (Wildman–Crippen LogP) is 6.20. The van der Waals surface area contributed by atoms with Gasteiger partial charge in [0.15, 0.2) is 0 Å². The second kappa shape index (κ2) is 13.9. The third-order valence-corrected chi connectivity index (χ3v) is 7.01. The van der Waals surface area contributed by atoms with Gasteiger partial charge in [0.05, 0.1) is 0 Å². The number of hydrogen-bond acceptors (Lipinski definition) is 3. The summed E-state index contributed by atoms with van der Waals surface area (Å²) in [6.45, 7) is 9.25. The molecule has 0 bridgehead atoms. The highest BCUT2D eigenvalue weighted by atomic mass is 32.2. The fourth-order valence-electron chi connectivity index (χ4n) is 4.02. The maximum Gasteiger partial charge on any atom is 0.243 e. The normalized spacial score (nSPS) is 11.8. The number of aryl methyl sites for hydroxylation is 2. The van der Waals surface area contributed by atoms with Crippen molar-refractivity contribution in [3.63, 3.8) is 0 Å². The van der Waals surface area contributed by atoms with Crippen molar-refractivity contribution in [2.45, 2.75) is 58.0 Å². The topological polar surface area (TPSA) is 49.4 Å². The Labute approximate surface area is 220 Å². The van der Waals surface area contributed by atoms with E-state index in [0.717, 1.165) is 21.6 Å². The molecule has 3 aromatic rings. The van der Waals surface area contributed by atoms with Crippen LogP contribution in [0.1, 0.15) is 42.5 Å². The number of hydrogen-bond donors (Lipinski definition) is 1. The van der Waals surface area contributed by atoms with Gasteiger partial charge in [0.1, 0.15) is 6.04 Å². The van der Waals surface area contributed by atoms with Crippen LogP contribution in [0.2, 0.25) is 0 Å². The van der Waals surface area contributed by atoms with Gasteiger partial charge >= 0.3 is 0 Å². The molecular formula is C31H38N2O2S. The number of nitrogens with zero attached hydrogens (tertiary/aromatic N) is 1. The molecule has 0 heterocycles. The average molecular weight is 503 g/mol. The van der Waals surface area contributed by atoms with Gasteiger partial charge in [0, 0.05) is 36.6 Å². The van der Waals surface area contributed by atoms with Crippen molar-refractivity contribution in [3.8, 4) is 0 Å². The van der Waals surface area contributed by atoms with E-state index >= 15 is 0 Å². The fraction of sp³-hybridized carbons (Fsp3) is 0.355. The molecular weight excluding hydrogens is 464 g/mol. The summed E-state index contributed by atoms with van der Waals surface area (Å²) in [4.78, 5) is 30.1. The van der Waals surface area contributed by atoms with E-state index in [0.29, 0.717) is 37.6 Å². The Morgan fingerprint density at radius 1 is 0.861 bits per heavy atom. The van der Waals surface area contributed by atoms with Gasteiger partial charge in [0.25, 0.3) is 0 Å². The standard InChI is InChI=1S/C31H38N2O2S/c1-23(2)21-32-31(35)29(20-26-10-6-5-7-11-26)33(22-27-12-8-9-25(4)19-27)30(34)17-18-36-28-15-13-24(3)14-16-28/h5-16,19,23,29H,17-18,20-22H2,1-4H3,(H,32,35)/t29-/m1/s1. The minimum atomic E-state index is -0.580. The fourth-order valence-corrected chi connectivity index (χ4v) is 4.86. The molecule has 0 aliphatic rings. The lowest BCUT2D eigenvalue weighted by molar-refractivity contribution is -0.141. The van der Waals surface area contributed by atoms with Crippen molar-refractivity contribution < 1.29 is 9.59 Å². The van der Waals surface area contributed by atoms with Crippen LogP contribution < -0.4 is 5.32 Å². The number of rotatable bonds is 12. The Morgan fingerprint density at radius 3 is 2.22 bits per heavy atom. The Kier molecular flexibility index (Phi) is 10.6. The highest BCUT2D eigenvalue weighted by Crippen LogP contribution is 2.21. The van der Waals surface area contributed by atoms with Crippen LogP contribution in [-0.4, -0.2) is 35.1 Å². The highest BCUT2D eigenvalue weighted by Gasteiger charge is 2.30. The van der Waals surface area contributed by atoms with Crippen LogP contribution in [0, 0.1) is 19.8 Å². The van der Waals surface area contributed by atoms with E-state index in [1.807, 2.05) is 55.5 Å². The minimum Gasteiger partial charge on any atom is -0.354 e. The summed E-state index contributed by atoms with van der Waals surface area (Å²) in [7, 11) is 0. The largest absolute Gasteiger partial charge is 0.354 e. The van der Waals surface area contributed by atoms with E-state index in [2.05, 4.69) is 56.4 Å². The van der Waals surface area contributed by atoms with Crippen LogP contribution in [0.4, 0.5) is 0 Å². The second-order valence-electron chi connectivity index (χ2n) is 9.77. The average Bonchev–Trinajstić information content (AvgIpc) is 2.86. The molecule has 190 valence electrons. The summed E-state index contributed by atoms with van der Waals surface area (Å²) in [6.07, 6.45) is 0.848. The molecule has 2 amide bonds. The number of amides is 2. The van der Waals surface area contributed by atoms with Gasteiger partial charge in [-0.25, -0.2) is 0 Å². The summed E-state index contributed by atoms with van der Waals surface area (Å²) in [5, 5.41) is 3.08. The first-order chi connectivity index (χ1) is 17.3. The molecule has 5 heteroatoms. The Hall–Kier alpha value is -3.05. The molecule has 1 N–H and O–H groups in total. The maximum absolute atomic E-state index is 13.7. The zero-order chi connectivity index (χ0) is 25.9. The summed E-state index contributed by atoms with van der Waals surface area (Å²) in [6, 6.07) is 25.9. The summed E-state index contributed by atoms with van der Waals surface area (Å²) >= 11 is 1.67. The quantitative estimate of drug-likeness (QED) is 0.300. The number of carbonyl (C=O) groups is 2. The molecule has 0 aromatic heterocycles. The van der Waals surface area contributed by atoms with Crippen LogP contribution >= 0.6 is 11.8 Å². The van der Waals surface area contributed by atoms with Crippen LogP contribution in [0.3, 0.4) is 0 Å². The summed E-state index contributed by atoms with van der Waals surface area (Å²) < 4.78 is 0. The number of nitrogens with one attached hydrogen (secondary N) is 1. The first-order valence-corrected chi connectivity index (χ1v) is 13.7. The Bertz CT molecular complexity index is 1110. The predicted molar refractivity (Wildman–Crippen MR) is 150 cm³/mol. The lowest BCUT2D eigenvalue weighted by atomic mass is 10.0. The van der Waals surface area contributed by atoms with Crippen molar-refractivity contribution in [3.05, 3.63) is 101 Å². The van der Waals surface area contributed by atoms with E-state index in [1.165, 1.54) is 5.56 Å². The van der Waals surface area contributed by atoms with E-state index in [1.54, 1.807) is 16.7 Å². The molecule has 4 nitrogen and oxygen atoms in total. The summed E-state index contributed by atoms with van der Waals surface area (Å²) in [5.74, 6) is 0.896. The summed E-state index contributed by atoms with van der Waals surface area (Å²) in [5.41, 5.74) is 4.43. The molecule has 0 fully saturated rings. The molecule has 1 atom stereocenters. The third kappa shape index (κ3) is 8.87. The molecule has 0 unspecified atom stereocenters. The monoisotopic (exact) mass is 502 g/mol. The molecule has 0 aliphatic carbocycles. The zero-order valence-electron chi connectivity index (χ0n) is 21.9. The van der Waals surface area contributed by atoms with E-state index in [9.17, 15) is 9.59 Å². The van der Waals surface area contributed by atoms with Gasteiger partial charge in [0.2, 0.25) is 11.8 Å². The molecule has 0 spiro atoms. The van der Waals surface area contributed by atoms with Crippen molar-refractivity contribution in [1.29, 1.82) is 0 Å². The van der Waals surface area contributed by atoms with Gasteiger partial charge < -0.3 is 10.2 Å². The van der Waals surface area contributed by atoms with Crippen molar-refractivity contribution in [2.24, 2.45) is 5.92 Å². The molecule has 3 rings (SSSR count). The second-order valence-corrected chi connectivity index (χ2v) is 10.9. The third-order valence-electron chi connectivity index (χ3n) is 6.00. The number of benzene rings is 3. The first kappa shape index (κ1) is 27.5. The van der Waals surface area contributed by atoms with E-state index in [4.69, 9.17) is 0 Å². The molecule has 0 saturated heterocycles. The zero-order valence-corrected chi connectivity index (χ0v) is 22.7. The van der Waals surface area contributed by atoms with Gasteiger partial charge in [-0.05, 0) is 43.0 Å². The molecule has 0 radical (unpaired) electrons. The Morgan fingerprint density at radius 2 is 1.56 bits per heavy atom. The Balaban J connectivity index is 1.83. The lowest BCUT2D eigenvalue weighted by Crippen LogP contribution is -2.51. The van der Waals surface area contributed by atoms with Gasteiger partial charge in [-0.2, -0.15) is 0 Å². The molecule has 0 saturated carbocycles. The van der Waals surface area contributed by atoms with Crippen LogP contribution in [-0.2, 0) is 22.6 Å². The van der Waals surface area contributed by atoms with Crippen molar-refractivity contribution >= 4 is 23.6 Å². The first-order valence-electron chi connectivity index (χ1n) is 12.7. The minimum absolute atomic E-state index is 0.00301. The van der Waals surface area contributed by atoms with E-state index < -0.39 is 6.04 Å². The molecule has 36 heavy (non-hydrogen) atoms. The maximum atomic E-state index is 13.7. The lowest BCUT2D eigenvalue weighted by Gasteiger charge is -2.32. The number of thioether (sulfide) groups is 1. The van der Waals surface area contributed by atoms with Crippen molar-refractivity contribution in [2.75, 3.05) is 12.3 Å². The SMILES string of the molecule is Cc1ccc(SCCC(=O)N(Cc2cccc(C)c2)[C@H](Cc2ccccc2)C(=O)NCC(C)C)cc1. The molecule has 0 aliphatic heterocycles. The number of carbonyl (C=O) groups excluding carboxylic acids is 2. The van der Waals surface area contributed by atoms with Crippen LogP contribution in [0.25, 0.3) is 0 Å². The highest BCUT2D eigenvalue weighted by molar-refractivity contribution is 7.99. The van der Waals surface area contributed by atoms with Crippen molar-refractivity contribution in [1.82, 2.24) is 10.2 Å². The van der Waals surface area contributed by atoms with E-state index in [-0.39, 0.29) is 11.8 Å². The van der Waals surface area contributed by atoms with Gasteiger partial charge in [-0.1, -0.05) is 91.7 Å².